The molecule has 1 rings (SSSR count). The van der Waals surface area contributed by atoms with E-state index in [1.54, 1.807) is 6.92 Å². The average Bonchev–Trinajstić information content (AvgIpc) is 2.15. The summed E-state index contributed by atoms with van der Waals surface area (Å²) in [6, 6.07) is 0. The molecular formula is C10H17F2NO2. The second-order valence-corrected chi connectivity index (χ2v) is 4.38. The van der Waals surface area contributed by atoms with E-state index >= 15 is 0 Å². The number of ether oxygens (including phenoxy) is 1. The predicted molar refractivity (Wildman–Crippen MR) is 51.7 cm³/mol. The number of alkyl halides is 2. The van der Waals surface area contributed by atoms with Gasteiger partial charge in [-0.05, 0) is 26.9 Å². The number of methoxy groups -OCH3 is 1. The molecule has 0 spiro atoms. The lowest BCUT2D eigenvalue weighted by molar-refractivity contribution is -0.165. The topological polar surface area (TPSA) is 29.5 Å². The van der Waals surface area contributed by atoms with Crippen LogP contribution in [0.25, 0.3) is 0 Å². The average molecular weight is 221 g/mol. The van der Waals surface area contributed by atoms with E-state index in [9.17, 15) is 13.6 Å². The van der Waals surface area contributed by atoms with Crippen molar-refractivity contribution in [1.29, 1.82) is 0 Å². The lowest BCUT2D eigenvalue weighted by Gasteiger charge is -2.42. The first-order valence-corrected chi connectivity index (χ1v) is 4.97. The normalized spacial score (nSPS) is 33.1. The molecule has 0 amide bonds. The standard InChI is InChI=1S/C10H17F2NO2/c1-10(9(14)15-3)6-13(2)5-4-7(10)8(11)12/h7-8H,4-6H2,1-3H3. The van der Waals surface area contributed by atoms with Gasteiger partial charge >= 0.3 is 5.97 Å². The Kier molecular flexibility index (Phi) is 3.65. The van der Waals surface area contributed by atoms with Gasteiger partial charge in [0.15, 0.2) is 0 Å². The fourth-order valence-electron chi connectivity index (χ4n) is 2.29. The minimum Gasteiger partial charge on any atom is -0.469 e. The van der Waals surface area contributed by atoms with Crippen LogP contribution in [0.15, 0.2) is 0 Å². The molecule has 0 bridgehead atoms. The van der Waals surface area contributed by atoms with Crippen molar-refractivity contribution in [3.05, 3.63) is 0 Å². The maximum atomic E-state index is 12.8. The van der Waals surface area contributed by atoms with E-state index in [0.717, 1.165) is 0 Å². The molecule has 0 aliphatic carbocycles. The Morgan fingerprint density at radius 2 is 2.20 bits per heavy atom. The van der Waals surface area contributed by atoms with Gasteiger partial charge in [-0.25, -0.2) is 8.78 Å². The number of halogens is 2. The number of hydrogen-bond acceptors (Lipinski definition) is 3. The predicted octanol–water partition coefficient (Wildman–Crippen LogP) is 1.38. The van der Waals surface area contributed by atoms with Crippen LogP contribution in [0.3, 0.4) is 0 Å². The molecule has 15 heavy (non-hydrogen) atoms. The van der Waals surface area contributed by atoms with E-state index in [2.05, 4.69) is 4.74 Å². The second kappa shape index (κ2) is 4.43. The van der Waals surface area contributed by atoms with Crippen molar-refractivity contribution in [2.75, 3.05) is 27.2 Å². The number of esters is 1. The summed E-state index contributed by atoms with van der Waals surface area (Å²) >= 11 is 0. The molecule has 0 N–H and O–H groups in total. The zero-order valence-electron chi connectivity index (χ0n) is 9.30. The third-order valence-electron chi connectivity index (χ3n) is 3.19. The largest absolute Gasteiger partial charge is 0.469 e. The molecule has 1 aliphatic rings. The monoisotopic (exact) mass is 221 g/mol. The molecule has 0 saturated carbocycles. The van der Waals surface area contributed by atoms with Crippen LogP contribution >= 0.6 is 0 Å². The molecule has 3 nitrogen and oxygen atoms in total. The van der Waals surface area contributed by atoms with Gasteiger partial charge in [-0.1, -0.05) is 0 Å². The Balaban J connectivity index is 2.91. The van der Waals surface area contributed by atoms with Gasteiger partial charge in [0.2, 0.25) is 6.43 Å². The van der Waals surface area contributed by atoms with Gasteiger partial charge in [-0.15, -0.1) is 0 Å². The molecular weight excluding hydrogens is 204 g/mol. The summed E-state index contributed by atoms with van der Waals surface area (Å²) < 4.78 is 30.2. The molecule has 5 heteroatoms. The van der Waals surface area contributed by atoms with Crippen molar-refractivity contribution >= 4 is 5.97 Å². The maximum absolute atomic E-state index is 12.8. The molecule has 0 aromatic heterocycles. The zero-order chi connectivity index (χ0) is 11.6. The highest BCUT2D eigenvalue weighted by Gasteiger charge is 2.49. The van der Waals surface area contributed by atoms with Crippen LogP contribution in [0.4, 0.5) is 8.78 Å². The molecule has 2 unspecified atom stereocenters. The van der Waals surface area contributed by atoms with Gasteiger partial charge in [0, 0.05) is 12.5 Å². The van der Waals surface area contributed by atoms with Crippen LogP contribution in [0.5, 0.6) is 0 Å². The third-order valence-corrected chi connectivity index (χ3v) is 3.19. The fourth-order valence-corrected chi connectivity index (χ4v) is 2.29. The Morgan fingerprint density at radius 1 is 1.60 bits per heavy atom. The highest BCUT2D eigenvalue weighted by atomic mass is 19.3. The first kappa shape index (κ1) is 12.4. The zero-order valence-corrected chi connectivity index (χ0v) is 9.30. The number of hydrogen-bond donors (Lipinski definition) is 0. The van der Waals surface area contributed by atoms with Crippen LogP contribution in [0.2, 0.25) is 0 Å². The summed E-state index contributed by atoms with van der Waals surface area (Å²) in [5.74, 6) is -1.44. The van der Waals surface area contributed by atoms with Gasteiger partial charge in [0.05, 0.1) is 12.5 Å². The molecule has 0 aromatic rings. The SMILES string of the molecule is COC(=O)C1(C)CN(C)CCC1C(F)F. The first-order valence-electron chi connectivity index (χ1n) is 4.97. The highest BCUT2D eigenvalue weighted by molar-refractivity contribution is 5.77. The Morgan fingerprint density at radius 3 is 2.67 bits per heavy atom. The molecule has 1 saturated heterocycles. The van der Waals surface area contributed by atoms with Crippen LogP contribution in [0, 0.1) is 11.3 Å². The fraction of sp³-hybridized carbons (Fsp3) is 0.900. The Hall–Kier alpha value is -0.710. The van der Waals surface area contributed by atoms with Crippen LogP contribution in [-0.2, 0) is 9.53 Å². The van der Waals surface area contributed by atoms with Gasteiger partial charge in [-0.3, -0.25) is 4.79 Å². The van der Waals surface area contributed by atoms with Crippen molar-refractivity contribution in [1.82, 2.24) is 4.90 Å². The number of likely N-dealkylation sites (tertiary alicyclic amines) is 1. The second-order valence-electron chi connectivity index (χ2n) is 4.38. The molecule has 1 fully saturated rings. The molecule has 1 aliphatic heterocycles. The minimum atomic E-state index is -2.47. The Labute approximate surface area is 88.4 Å². The molecule has 88 valence electrons. The summed E-state index contributed by atoms with van der Waals surface area (Å²) in [5.41, 5.74) is -1.09. The number of rotatable bonds is 2. The molecule has 2 atom stereocenters. The van der Waals surface area contributed by atoms with Gasteiger partial charge in [0.1, 0.15) is 0 Å². The van der Waals surface area contributed by atoms with Crippen molar-refractivity contribution in [2.45, 2.75) is 19.8 Å². The quantitative estimate of drug-likeness (QED) is 0.660. The maximum Gasteiger partial charge on any atom is 0.313 e. The summed E-state index contributed by atoms with van der Waals surface area (Å²) in [6.07, 6.45) is -2.14. The first-order chi connectivity index (χ1) is 6.91. The van der Waals surface area contributed by atoms with E-state index < -0.39 is 23.7 Å². The molecule has 1 heterocycles. The molecule has 0 aromatic carbocycles. The number of carbonyl (C=O) groups excluding carboxylic acids is 1. The van der Waals surface area contributed by atoms with Crippen molar-refractivity contribution in [2.24, 2.45) is 11.3 Å². The summed E-state index contributed by atoms with van der Waals surface area (Å²) in [5, 5.41) is 0. The van der Waals surface area contributed by atoms with Gasteiger partial charge in [-0.2, -0.15) is 0 Å². The third kappa shape index (κ3) is 2.27. The molecule has 0 radical (unpaired) electrons. The lowest BCUT2D eigenvalue weighted by atomic mass is 9.72. The van der Waals surface area contributed by atoms with Crippen LogP contribution in [-0.4, -0.2) is 44.5 Å². The van der Waals surface area contributed by atoms with E-state index in [-0.39, 0.29) is 0 Å². The van der Waals surface area contributed by atoms with Crippen molar-refractivity contribution < 1.29 is 18.3 Å². The lowest BCUT2D eigenvalue weighted by Crippen LogP contribution is -2.52. The smallest absolute Gasteiger partial charge is 0.313 e. The summed E-state index contributed by atoms with van der Waals surface area (Å²) in [6.45, 7) is 2.49. The van der Waals surface area contributed by atoms with Crippen LogP contribution in [0.1, 0.15) is 13.3 Å². The van der Waals surface area contributed by atoms with Crippen molar-refractivity contribution in [3.8, 4) is 0 Å². The van der Waals surface area contributed by atoms with Gasteiger partial charge < -0.3 is 9.64 Å². The van der Waals surface area contributed by atoms with Crippen LogP contribution < -0.4 is 0 Å². The van der Waals surface area contributed by atoms with E-state index in [1.165, 1.54) is 7.11 Å². The van der Waals surface area contributed by atoms with E-state index in [4.69, 9.17) is 0 Å². The minimum absolute atomic E-state index is 0.328. The Bertz CT molecular complexity index is 248. The van der Waals surface area contributed by atoms with E-state index in [1.807, 2.05) is 11.9 Å². The summed E-state index contributed by atoms with van der Waals surface area (Å²) in [4.78, 5) is 13.5. The van der Waals surface area contributed by atoms with Crippen molar-refractivity contribution in [3.63, 3.8) is 0 Å². The number of piperidine rings is 1. The number of carbonyl (C=O) groups is 1. The highest BCUT2D eigenvalue weighted by Crippen LogP contribution is 2.39. The van der Waals surface area contributed by atoms with E-state index in [0.29, 0.717) is 19.5 Å². The number of nitrogens with zero attached hydrogens (tertiary/aromatic N) is 1. The summed E-state index contributed by atoms with van der Waals surface area (Å²) in [7, 11) is 3.06. The van der Waals surface area contributed by atoms with Gasteiger partial charge in [0.25, 0.3) is 0 Å².